The Morgan fingerprint density at radius 1 is 1.08 bits per heavy atom. The number of nitrogens with one attached hydrogen (secondary N) is 1. The molecule has 2 N–H and O–H groups in total. The lowest BCUT2D eigenvalue weighted by Crippen LogP contribution is -2.53. The summed E-state index contributed by atoms with van der Waals surface area (Å²) in [5.41, 5.74) is 2.41. The van der Waals surface area contributed by atoms with Gasteiger partial charge in [-0.1, -0.05) is 39.0 Å². The second-order valence-corrected chi connectivity index (χ2v) is 7.12. The van der Waals surface area contributed by atoms with E-state index in [9.17, 15) is 14.4 Å². The third-order valence-electron chi connectivity index (χ3n) is 4.21. The van der Waals surface area contributed by atoms with E-state index in [4.69, 9.17) is 5.11 Å². The summed E-state index contributed by atoms with van der Waals surface area (Å²) in [4.78, 5) is 37.9. The zero-order chi connectivity index (χ0) is 18.6. The molecule has 1 heterocycles. The van der Waals surface area contributed by atoms with Crippen LogP contribution < -0.4 is 10.2 Å². The van der Waals surface area contributed by atoms with Gasteiger partial charge in [-0.3, -0.25) is 14.4 Å². The normalized spacial score (nSPS) is 15.0. The molecule has 0 bridgehead atoms. The zero-order valence-corrected chi connectivity index (χ0v) is 14.9. The topological polar surface area (TPSA) is 90.0 Å². The Morgan fingerprint density at radius 3 is 2.24 bits per heavy atom. The van der Waals surface area contributed by atoms with Crippen LogP contribution in [-0.2, 0) is 19.8 Å². The van der Waals surface area contributed by atoms with Crippen molar-refractivity contribution in [2.45, 2.75) is 26.2 Å². The molecule has 1 aliphatic rings. The van der Waals surface area contributed by atoms with Crippen molar-refractivity contribution in [1.82, 2.24) is 10.2 Å². The van der Waals surface area contributed by atoms with E-state index in [1.165, 1.54) is 10.5 Å². The van der Waals surface area contributed by atoms with Crippen LogP contribution >= 0.6 is 0 Å². The smallest absolute Gasteiger partial charge is 0.322 e. The Labute approximate surface area is 147 Å². The van der Waals surface area contributed by atoms with Crippen molar-refractivity contribution in [2.75, 3.05) is 37.6 Å². The van der Waals surface area contributed by atoms with E-state index in [0.717, 1.165) is 5.69 Å². The number of aliphatic carboxylic acids is 1. The SMILES string of the molecule is CC(C)(C)c1ccccc1N1CCN(C(=O)C(=O)NCC(=O)O)CC1. The molecule has 0 aliphatic carbocycles. The molecule has 1 aliphatic heterocycles. The van der Waals surface area contributed by atoms with Gasteiger partial charge in [-0.25, -0.2) is 0 Å². The Kier molecular flexibility index (Phi) is 5.66. The maximum absolute atomic E-state index is 12.1. The molecule has 1 aromatic carbocycles. The van der Waals surface area contributed by atoms with Gasteiger partial charge in [-0.15, -0.1) is 0 Å². The number of benzene rings is 1. The van der Waals surface area contributed by atoms with Crippen molar-refractivity contribution in [3.63, 3.8) is 0 Å². The van der Waals surface area contributed by atoms with Crippen LogP contribution in [0.5, 0.6) is 0 Å². The van der Waals surface area contributed by atoms with Crippen molar-refractivity contribution in [1.29, 1.82) is 0 Å². The summed E-state index contributed by atoms with van der Waals surface area (Å²) < 4.78 is 0. The molecule has 0 aromatic heterocycles. The number of anilines is 1. The number of amides is 2. The van der Waals surface area contributed by atoms with Gasteiger partial charge in [0, 0.05) is 31.9 Å². The molecule has 25 heavy (non-hydrogen) atoms. The lowest BCUT2D eigenvalue weighted by atomic mass is 9.85. The predicted octanol–water partition coefficient (Wildman–Crippen LogP) is 0.834. The lowest BCUT2D eigenvalue weighted by molar-refractivity contribution is -0.147. The number of hydrogen-bond acceptors (Lipinski definition) is 4. The highest BCUT2D eigenvalue weighted by Gasteiger charge is 2.28. The van der Waals surface area contributed by atoms with Crippen LogP contribution in [0.2, 0.25) is 0 Å². The van der Waals surface area contributed by atoms with Crippen molar-refractivity contribution >= 4 is 23.5 Å². The van der Waals surface area contributed by atoms with Gasteiger partial charge in [0.05, 0.1) is 0 Å². The van der Waals surface area contributed by atoms with Crippen LogP contribution in [0.1, 0.15) is 26.3 Å². The minimum atomic E-state index is -1.18. The Morgan fingerprint density at radius 2 is 1.68 bits per heavy atom. The molecule has 136 valence electrons. The van der Waals surface area contributed by atoms with Crippen LogP contribution in [0.4, 0.5) is 5.69 Å². The average molecular weight is 347 g/mol. The van der Waals surface area contributed by atoms with Gasteiger partial charge in [-0.2, -0.15) is 0 Å². The van der Waals surface area contributed by atoms with E-state index >= 15 is 0 Å². The van der Waals surface area contributed by atoms with Crippen LogP contribution in [0.3, 0.4) is 0 Å². The first-order chi connectivity index (χ1) is 11.7. The van der Waals surface area contributed by atoms with E-state index in [1.807, 2.05) is 12.1 Å². The van der Waals surface area contributed by atoms with E-state index in [1.54, 1.807) is 0 Å². The molecule has 0 radical (unpaired) electrons. The number of hydrogen-bond donors (Lipinski definition) is 2. The van der Waals surface area contributed by atoms with Gasteiger partial charge >= 0.3 is 17.8 Å². The first-order valence-corrected chi connectivity index (χ1v) is 8.33. The summed E-state index contributed by atoms with van der Waals surface area (Å²) in [7, 11) is 0. The Hall–Kier alpha value is -2.57. The highest BCUT2D eigenvalue weighted by Crippen LogP contribution is 2.32. The van der Waals surface area contributed by atoms with E-state index in [0.29, 0.717) is 26.2 Å². The van der Waals surface area contributed by atoms with E-state index in [-0.39, 0.29) is 5.41 Å². The summed E-state index contributed by atoms with van der Waals surface area (Å²) in [6.45, 7) is 8.06. The lowest BCUT2D eigenvalue weighted by Gasteiger charge is -2.38. The third-order valence-corrected chi connectivity index (χ3v) is 4.21. The maximum Gasteiger partial charge on any atom is 0.322 e. The summed E-state index contributed by atoms with van der Waals surface area (Å²) in [5.74, 6) is -2.72. The Bertz CT molecular complexity index is 659. The fourth-order valence-corrected chi connectivity index (χ4v) is 2.91. The van der Waals surface area contributed by atoms with Crippen molar-refractivity contribution in [3.8, 4) is 0 Å². The standard InChI is InChI=1S/C18H25N3O4/c1-18(2,3)13-6-4-5-7-14(13)20-8-10-21(11-9-20)17(25)16(24)19-12-15(22)23/h4-7H,8-12H2,1-3H3,(H,19,24)(H,22,23). The van der Waals surface area contributed by atoms with Crippen LogP contribution in [0, 0.1) is 0 Å². The molecule has 0 atom stereocenters. The molecule has 7 heteroatoms. The van der Waals surface area contributed by atoms with Crippen LogP contribution in [0.25, 0.3) is 0 Å². The van der Waals surface area contributed by atoms with Gasteiger partial charge in [0.25, 0.3) is 0 Å². The number of carboxylic acids is 1. The number of piperazine rings is 1. The summed E-state index contributed by atoms with van der Waals surface area (Å²) in [6.07, 6.45) is 0. The minimum Gasteiger partial charge on any atom is -0.480 e. The second kappa shape index (κ2) is 7.55. The molecule has 1 fully saturated rings. The number of para-hydroxylation sites is 1. The number of nitrogens with zero attached hydrogens (tertiary/aromatic N) is 2. The molecule has 1 saturated heterocycles. The summed E-state index contributed by atoms with van der Waals surface area (Å²) in [5, 5.41) is 10.7. The quantitative estimate of drug-likeness (QED) is 0.791. The monoisotopic (exact) mass is 347 g/mol. The molecular formula is C18H25N3O4. The number of carbonyl (C=O) groups is 3. The van der Waals surface area contributed by atoms with Crippen molar-refractivity contribution in [2.24, 2.45) is 0 Å². The molecule has 0 spiro atoms. The van der Waals surface area contributed by atoms with Crippen LogP contribution in [0.15, 0.2) is 24.3 Å². The molecule has 1 aromatic rings. The maximum atomic E-state index is 12.1. The third kappa shape index (κ3) is 4.71. The average Bonchev–Trinajstić information content (AvgIpc) is 2.58. The zero-order valence-electron chi connectivity index (χ0n) is 14.9. The van der Waals surface area contributed by atoms with E-state index < -0.39 is 24.3 Å². The first kappa shape index (κ1) is 18.8. The van der Waals surface area contributed by atoms with Gasteiger partial charge in [-0.05, 0) is 17.0 Å². The molecule has 2 amide bonds. The highest BCUT2D eigenvalue weighted by molar-refractivity contribution is 6.35. The molecular weight excluding hydrogens is 322 g/mol. The first-order valence-electron chi connectivity index (χ1n) is 8.33. The van der Waals surface area contributed by atoms with E-state index in [2.05, 4.69) is 43.1 Å². The van der Waals surface area contributed by atoms with Gasteiger partial charge in [0.2, 0.25) is 0 Å². The van der Waals surface area contributed by atoms with Gasteiger partial charge in [0.15, 0.2) is 0 Å². The van der Waals surface area contributed by atoms with Gasteiger partial charge < -0.3 is 20.2 Å². The Balaban J connectivity index is 2.00. The largest absolute Gasteiger partial charge is 0.480 e. The molecule has 7 nitrogen and oxygen atoms in total. The number of carbonyl (C=O) groups excluding carboxylic acids is 2. The fraction of sp³-hybridized carbons (Fsp3) is 0.500. The van der Waals surface area contributed by atoms with Gasteiger partial charge in [0.1, 0.15) is 6.54 Å². The molecule has 0 saturated carbocycles. The summed E-state index contributed by atoms with van der Waals surface area (Å²) in [6, 6.07) is 8.22. The minimum absolute atomic E-state index is 0.0142. The number of rotatable bonds is 3. The fourth-order valence-electron chi connectivity index (χ4n) is 2.91. The molecule has 2 rings (SSSR count). The number of carboxylic acid groups (broad SMARTS) is 1. The summed E-state index contributed by atoms with van der Waals surface area (Å²) >= 11 is 0. The van der Waals surface area contributed by atoms with Crippen LogP contribution in [-0.4, -0.2) is 60.5 Å². The predicted molar refractivity (Wildman–Crippen MR) is 94.6 cm³/mol. The molecule has 0 unspecified atom stereocenters. The van der Waals surface area contributed by atoms with Crippen molar-refractivity contribution in [3.05, 3.63) is 29.8 Å². The highest BCUT2D eigenvalue weighted by atomic mass is 16.4. The van der Waals surface area contributed by atoms with Crippen molar-refractivity contribution < 1.29 is 19.5 Å². The second-order valence-electron chi connectivity index (χ2n) is 7.12.